The van der Waals surface area contributed by atoms with E-state index in [9.17, 15) is 9.59 Å². The zero-order valence-electron chi connectivity index (χ0n) is 11.0. The van der Waals surface area contributed by atoms with E-state index in [1.165, 1.54) is 0 Å². The van der Waals surface area contributed by atoms with Crippen molar-refractivity contribution in [1.82, 2.24) is 0 Å². The number of benzene rings is 2. The van der Waals surface area contributed by atoms with Gasteiger partial charge in [-0.15, -0.1) is 0 Å². The fraction of sp³-hybridized carbons (Fsp3) is 0.0667. The standard InChI is InChI=1S/C15H12B2O2/c1-8-2-4-10-12(6-8)15(19)13-7-9(17-16)3-5-11(13)14(10)18/h2-7,17H,16H2,1H3. The molecule has 0 fully saturated rings. The number of ketones is 2. The lowest BCUT2D eigenvalue weighted by molar-refractivity contribution is 0.0979. The SMILES string of the molecule is BBc1ccc2c(c1)C(=O)c1cc(C)ccc1C2=O. The summed E-state index contributed by atoms with van der Waals surface area (Å²) in [5.74, 6) is -0.0872. The number of hydrogen-bond acceptors (Lipinski definition) is 2. The van der Waals surface area contributed by atoms with E-state index in [4.69, 9.17) is 0 Å². The molecule has 1 aliphatic carbocycles. The first-order chi connectivity index (χ1) is 9.11. The van der Waals surface area contributed by atoms with E-state index in [1.807, 2.05) is 32.9 Å². The Labute approximate surface area is 113 Å². The van der Waals surface area contributed by atoms with Gasteiger partial charge < -0.3 is 0 Å². The molecule has 0 N–H and O–H groups in total. The second-order valence-corrected chi connectivity index (χ2v) is 4.94. The summed E-state index contributed by atoms with van der Waals surface area (Å²) in [4.78, 5) is 24.9. The van der Waals surface area contributed by atoms with Crippen molar-refractivity contribution in [2.24, 2.45) is 0 Å². The minimum Gasteiger partial charge on any atom is -0.289 e. The van der Waals surface area contributed by atoms with E-state index in [0.717, 1.165) is 18.2 Å². The third-order valence-corrected chi connectivity index (χ3v) is 3.65. The van der Waals surface area contributed by atoms with Crippen LogP contribution in [0.4, 0.5) is 0 Å². The molecule has 2 nitrogen and oxygen atoms in total. The maximum absolute atomic E-state index is 12.5. The van der Waals surface area contributed by atoms with Crippen molar-refractivity contribution in [3.63, 3.8) is 0 Å². The van der Waals surface area contributed by atoms with Crippen LogP contribution in [0.1, 0.15) is 37.4 Å². The van der Waals surface area contributed by atoms with Crippen LogP contribution in [0.25, 0.3) is 0 Å². The van der Waals surface area contributed by atoms with Crippen molar-refractivity contribution >= 4 is 31.9 Å². The summed E-state index contributed by atoms with van der Waals surface area (Å²) in [6.45, 7) is 1.93. The maximum Gasteiger partial charge on any atom is 0.194 e. The van der Waals surface area contributed by atoms with E-state index in [2.05, 4.69) is 0 Å². The van der Waals surface area contributed by atoms with Gasteiger partial charge in [0.2, 0.25) is 0 Å². The summed E-state index contributed by atoms with van der Waals surface area (Å²) in [7, 11) is 2.89. The largest absolute Gasteiger partial charge is 0.289 e. The number of carbonyl (C=O) groups excluding carboxylic acids is 2. The first kappa shape index (κ1) is 12.0. The van der Waals surface area contributed by atoms with Gasteiger partial charge in [-0.25, -0.2) is 0 Å². The average Bonchev–Trinajstić information content (AvgIpc) is 2.44. The average molecular weight is 246 g/mol. The van der Waals surface area contributed by atoms with Gasteiger partial charge in [0.05, 0.1) is 7.74 Å². The predicted molar refractivity (Wildman–Crippen MR) is 79.8 cm³/mol. The van der Waals surface area contributed by atoms with Crippen molar-refractivity contribution in [3.05, 3.63) is 64.2 Å². The molecule has 0 unspecified atom stereocenters. The highest BCUT2D eigenvalue weighted by Crippen LogP contribution is 2.27. The van der Waals surface area contributed by atoms with Gasteiger partial charge in [-0.1, -0.05) is 41.4 Å². The fourth-order valence-corrected chi connectivity index (χ4v) is 2.53. The number of carbonyl (C=O) groups is 2. The van der Waals surface area contributed by atoms with Gasteiger partial charge in [-0.2, -0.15) is 0 Å². The molecule has 0 amide bonds. The van der Waals surface area contributed by atoms with Crippen LogP contribution in [0, 0.1) is 6.92 Å². The lowest BCUT2D eigenvalue weighted by Gasteiger charge is -2.18. The van der Waals surface area contributed by atoms with Crippen molar-refractivity contribution < 1.29 is 9.59 Å². The molecule has 0 bridgehead atoms. The van der Waals surface area contributed by atoms with Gasteiger partial charge in [0.15, 0.2) is 11.6 Å². The van der Waals surface area contributed by atoms with Gasteiger partial charge in [0.1, 0.15) is 7.17 Å². The van der Waals surface area contributed by atoms with E-state index < -0.39 is 0 Å². The summed E-state index contributed by atoms with van der Waals surface area (Å²) in [5, 5.41) is 0. The Morgan fingerprint density at radius 2 is 1.42 bits per heavy atom. The van der Waals surface area contributed by atoms with Gasteiger partial charge in [0.25, 0.3) is 0 Å². The molecule has 2 aromatic rings. The first-order valence-corrected chi connectivity index (χ1v) is 6.44. The Balaban J connectivity index is 2.26. The van der Waals surface area contributed by atoms with Gasteiger partial charge in [-0.3, -0.25) is 9.59 Å². The van der Waals surface area contributed by atoms with Crippen LogP contribution in [-0.2, 0) is 0 Å². The van der Waals surface area contributed by atoms with Crippen molar-refractivity contribution in [3.8, 4) is 0 Å². The van der Waals surface area contributed by atoms with E-state index >= 15 is 0 Å². The van der Waals surface area contributed by atoms with E-state index in [-0.39, 0.29) is 11.6 Å². The summed E-state index contributed by atoms with van der Waals surface area (Å²) < 4.78 is 0. The lowest BCUT2D eigenvalue weighted by Crippen LogP contribution is -2.25. The predicted octanol–water partition coefficient (Wildman–Crippen LogP) is 0.380. The van der Waals surface area contributed by atoms with E-state index in [1.54, 1.807) is 18.2 Å². The molecule has 90 valence electrons. The molecule has 0 saturated heterocycles. The van der Waals surface area contributed by atoms with Crippen LogP contribution in [-0.4, -0.2) is 26.5 Å². The molecular weight excluding hydrogens is 234 g/mol. The molecule has 2 aromatic carbocycles. The molecule has 0 aliphatic heterocycles. The van der Waals surface area contributed by atoms with Crippen LogP contribution in [0.2, 0.25) is 0 Å². The molecule has 0 aromatic heterocycles. The van der Waals surface area contributed by atoms with Crippen LogP contribution < -0.4 is 5.46 Å². The Kier molecular flexibility index (Phi) is 2.67. The smallest absolute Gasteiger partial charge is 0.194 e. The Morgan fingerprint density at radius 3 is 2.11 bits per heavy atom. The topological polar surface area (TPSA) is 34.1 Å². The van der Waals surface area contributed by atoms with Crippen LogP contribution >= 0.6 is 0 Å². The summed E-state index contributed by atoms with van der Waals surface area (Å²) in [6, 6.07) is 11.0. The third-order valence-electron chi connectivity index (χ3n) is 3.65. The molecule has 0 radical (unpaired) electrons. The highest BCUT2D eigenvalue weighted by molar-refractivity contribution is 6.97. The Bertz CT molecular complexity index is 720. The number of rotatable bonds is 1. The minimum atomic E-state index is -0.0488. The molecule has 19 heavy (non-hydrogen) atoms. The maximum atomic E-state index is 12.5. The molecule has 3 rings (SSSR count). The van der Waals surface area contributed by atoms with E-state index in [0.29, 0.717) is 22.3 Å². The zero-order valence-corrected chi connectivity index (χ0v) is 11.0. The second kappa shape index (κ2) is 4.23. The Morgan fingerprint density at radius 1 is 0.842 bits per heavy atom. The molecule has 0 atom stereocenters. The second-order valence-electron chi connectivity index (χ2n) is 4.94. The molecule has 1 aliphatic rings. The molecular formula is C15H12B2O2. The minimum absolute atomic E-state index is 0.0383. The van der Waals surface area contributed by atoms with Gasteiger partial charge in [-0.05, 0) is 13.0 Å². The number of hydrogen-bond donors (Lipinski definition) is 0. The monoisotopic (exact) mass is 246 g/mol. The van der Waals surface area contributed by atoms with Crippen molar-refractivity contribution in [2.75, 3.05) is 0 Å². The summed E-state index contributed by atoms with van der Waals surface area (Å²) in [5.41, 5.74) is 4.20. The van der Waals surface area contributed by atoms with Crippen molar-refractivity contribution in [2.45, 2.75) is 6.92 Å². The normalized spacial score (nSPS) is 12.9. The van der Waals surface area contributed by atoms with Crippen LogP contribution in [0.15, 0.2) is 36.4 Å². The summed E-state index contributed by atoms with van der Waals surface area (Å²) >= 11 is 0. The lowest BCUT2D eigenvalue weighted by atomic mass is 9.51. The first-order valence-electron chi connectivity index (χ1n) is 6.44. The molecule has 0 saturated carbocycles. The molecule has 0 spiro atoms. The van der Waals surface area contributed by atoms with Crippen molar-refractivity contribution in [1.29, 1.82) is 0 Å². The third kappa shape index (κ3) is 1.75. The van der Waals surface area contributed by atoms with Gasteiger partial charge in [0, 0.05) is 22.3 Å². The quantitative estimate of drug-likeness (QED) is 0.581. The molecule has 0 heterocycles. The highest BCUT2D eigenvalue weighted by atomic mass is 16.1. The van der Waals surface area contributed by atoms with Crippen LogP contribution in [0.5, 0.6) is 0 Å². The number of aryl methyl sites for hydroxylation is 1. The van der Waals surface area contributed by atoms with Crippen LogP contribution in [0.3, 0.4) is 0 Å². The number of fused-ring (bicyclic) bond motifs is 2. The fourth-order valence-electron chi connectivity index (χ4n) is 2.53. The van der Waals surface area contributed by atoms with Gasteiger partial charge >= 0.3 is 0 Å². The molecule has 4 heteroatoms. The zero-order chi connectivity index (χ0) is 13.6. The Hall–Kier alpha value is -2.09. The summed E-state index contributed by atoms with van der Waals surface area (Å²) in [6.07, 6.45) is 0. The highest BCUT2D eigenvalue weighted by Gasteiger charge is 2.29.